The van der Waals surface area contributed by atoms with Crippen LogP contribution in [0.3, 0.4) is 0 Å². The molecule has 1 aromatic rings. The predicted molar refractivity (Wildman–Crippen MR) is 82.8 cm³/mol. The van der Waals surface area contributed by atoms with Gasteiger partial charge in [0.15, 0.2) is 0 Å². The summed E-state index contributed by atoms with van der Waals surface area (Å²) in [6.45, 7) is 6.15. The van der Waals surface area contributed by atoms with Gasteiger partial charge in [-0.1, -0.05) is 6.07 Å². The molecule has 19 heavy (non-hydrogen) atoms. The lowest BCUT2D eigenvalue weighted by atomic mass is 9.92. The molecule has 1 aliphatic carbocycles. The Balaban J connectivity index is 1.47. The van der Waals surface area contributed by atoms with E-state index in [1.807, 2.05) is 11.3 Å². The van der Waals surface area contributed by atoms with Crippen LogP contribution in [0.25, 0.3) is 0 Å². The molecule has 1 N–H and O–H groups in total. The molecule has 3 heteroatoms. The number of nitrogens with zero attached hydrogens (tertiary/aromatic N) is 1. The summed E-state index contributed by atoms with van der Waals surface area (Å²) in [7, 11) is 2.31. The first-order valence-electron chi connectivity index (χ1n) is 7.63. The van der Waals surface area contributed by atoms with Crippen molar-refractivity contribution >= 4 is 11.3 Å². The third-order valence-corrected chi connectivity index (χ3v) is 6.19. The second-order valence-corrected chi connectivity index (χ2v) is 7.62. The first kappa shape index (κ1) is 13.6. The van der Waals surface area contributed by atoms with Gasteiger partial charge in [0.2, 0.25) is 0 Å². The van der Waals surface area contributed by atoms with E-state index in [1.165, 1.54) is 50.2 Å². The van der Waals surface area contributed by atoms with Gasteiger partial charge in [0.1, 0.15) is 0 Å². The minimum atomic E-state index is 0.665. The summed E-state index contributed by atoms with van der Waals surface area (Å²) in [5.74, 6) is 0.963. The average Bonchev–Trinajstić information content (AvgIpc) is 2.85. The molecule has 2 unspecified atom stereocenters. The fraction of sp³-hybridized carbons (Fsp3) is 0.750. The van der Waals surface area contributed by atoms with Gasteiger partial charge in [-0.3, -0.25) is 0 Å². The topological polar surface area (TPSA) is 15.3 Å². The maximum atomic E-state index is 3.49. The summed E-state index contributed by atoms with van der Waals surface area (Å²) in [5, 5.41) is 5.68. The van der Waals surface area contributed by atoms with Crippen LogP contribution in [0.2, 0.25) is 0 Å². The minimum Gasteiger partial charge on any atom is -0.317 e. The van der Waals surface area contributed by atoms with Gasteiger partial charge in [-0.25, -0.2) is 0 Å². The molecule has 0 bridgehead atoms. The van der Waals surface area contributed by atoms with Crippen LogP contribution in [-0.2, 0) is 6.42 Å². The first-order valence-corrected chi connectivity index (χ1v) is 8.51. The van der Waals surface area contributed by atoms with E-state index in [9.17, 15) is 0 Å². The van der Waals surface area contributed by atoms with Crippen molar-refractivity contribution in [3.8, 4) is 0 Å². The van der Waals surface area contributed by atoms with E-state index in [0.717, 1.165) is 11.3 Å². The summed E-state index contributed by atoms with van der Waals surface area (Å²) in [4.78, 5) is 4.10. The standard InChI is InChI=1S/C16H26N2S/c1-13(10-15-4-3-9-19-15)18(2)12-14-11-16(14)5-7-17-8-6-16/h3-4,9,13-14,17H,5-8,10-12H2,1-2H3. The first-order chi connectivity index (χ1) is 9.20. The molecule has 2 nitrogen and oxygen atoms in total. The predicted octanol–water partition coefficient (Wildman–Crippen LogP) is 3.00. The van der Waals surface area contributed by atoms with Gasteiger partial charge in [-0.05, 0) is 75.5 Å². The molecule has 2 atom stereocenters. The van der Waals surface area contributed by atoms with Gasteiger partial charge in [0.05, 0.1) is 0 Å². The molecule has 1 aromatic heterocycles. The van der Waals surface area contributed by atoms with Gasteiger partial charge < -0.3 is 10.2 Å². The molecule has 3 rings (SSSR count). The molecule has 1 saturated heterocycles. The Bertz CT molecular complexity index is 395. The molecule has 1 aliphatic heterocycles. The number of piperidine rings is 1. The van der Waals surface area contributed by atoms with E-state index < -0.39 is 0 Å². The lowest BCUT2D eigenvalue weighted by molar-refractivity contribution is 0.218. The highest BCUT2D eigenvalue weighted by Gasteiger charge is 2.53. The summed E-state index contributed by atoms with van der Waals surface area (Å²) < 4.78 is 0. The van der Waals surface area contributed by atoms with Crippen molar-refractivity contribution in [3.63, 3.8) is 0 Å². The Labute approximate surface area is 121 Å². The van der Waals surface area contributed by atoms with Gasteiger partial charge >= 0.3 is 0 Å². The maximum Gasteiger partial charge on any atom is 0.0112 e. The number of nitrogens with one attached hydrogen (secondary N) is 1. The SMILES string of the molecule is CC(Cc1cccs1)N(C)CC1CC12CCNCC2. The minimum absolute atomic E-state index is 0.665. The molecule has 2 aliphatic rings. The lowest BCUT2D eigenvalue weighted by Gasteiger charge is -2.28. The molecule has 1 saturated carbocycles. The van der Waals surface area contributed by atoms with Gasteiger partial charge in [0.25, 0.3) is 0 Å². The Morgan fingerprint density at radius 1 is 1.47 bits per heavy atom. The van der Waals surface area contributed by atoms with Crippen molar-refractivity contribution < 1.29 is 0 Å². The van der Waals surface area contributed by atoms with Crippen molar-refractivity contribution in [3.05, 3.63) is 22.4 Å². The van der Waals surface area contributed by atoms with Crippen LogP contribution in [-0.4, -0.2) is 37.6 Å². The van der Waals surface area contributed by atoms with E-state index in [0.29, 0.717) is 6.04 Å². The highest BCUT2D eigenvalue weighted by Crippen LogP contribution is 2.58. The Morgan fingerprint density at radius 3 is 2.95 bits per heavy atom. The van der Waals surface area contributed by atoms with Crippen LogP contribution in [0, 0.1) is 11.3 Å². The van der Waals surface area contributed by atoms with Crippen LogP contribution < -0.4 is 5.32 Å². The van der Waals surface area contributed by atoms with Crippen molar-refractivity contribution in [2.45, 2.75) is 38.6 Å². The highest BCUT2D eigenvalue weighted by atomic mass is 32.1. The number of likely N-dealkylation sites (N-methyl/N-ethyl adjacent to an activating group) is 1. The molecular weight excluding hydrogens is 252 g/mol. The summed E-state index contributed by atoms with van der Waals surface area (Å²) in [6, 6.07) is 5.09. The summed E-state index contributed by atoms with van der Waals surface area (Å²) in [5.41, 5.74) is 0.724. The molecule has 0 amide bonds. The Morgan fingerprint density at radius 2 is 2.26 bits per heavy atom. The third-order valence-electron chi connectivity index (χ3n) is 5.30. The zero-order chi connectivity index (χ0) is 13.3. The largest absolute Gasteiger partial charge is 0.317 e. The van der Waals surface area contributed by atoms with E-state index in [2.05, 4.69) is 41.7 Å². The van der Waals surface area contributed by atoms with E-state index in [4.69, 9.17) is 0 Å². The molecule has 1 spiro atoms. The molecule has 2 fully saturated rings. The van der Waals surface area contributed by atoms with Crippen LogP contribution >= 0.6 is 11.3 Å². The van der Waals surface area contributed by atoms with Crippen LogP contribution in [0.15, 0.2) is 17.5 Å². The highest BCUT2D eigenvalue weighted by molar-refractivity contribution is 7.09. The Kier molecular flexibility index (Phi) is 3.97. The normalized spacial score (nSPS) is 26.8. The van der Waals surface area contributed by atoms with E-state index in [-0.39, 0.29) is 0 Å². The summed E-state index contributed by atoms with van der Waals surface area (Å²) in [6.07, 6.45) is 5.50. The molecule has 2 heterocycles. The number of thiophene rings is 1. The number of rotatable bonds is 5. The second kappa shape index (κ2) is 5.55. The zero-order valence-corrected chi connectivity index (χ0v) is 13.0. The molecule has 106 valence electrons. The number of hydrogen-bond acceptors (Lipinski definition) is 3. The van der Waals surface area contributed by atoms with Crippen molar-refractivity contribution in [2.24, 2.45) is 11.3 Å². The third kappa shape index (κ3) is 3.04. The quantitative estimate of drug-likeness (QED) is 0.891. The van der Waals surface area contributed by atoms with Gasteiger partial charge in [0, 0.05) is 17.5 Å². The van der Waals surface area contributed by atoms with Crippen molar-refractivity contribution in [1.82, 2.24) is 10.2 Å². The van der Waals surface area contributed by atoms with Crippen LogP contribution in [0.5, 0.6) is 0 Å². The maximum absolute atomic E-state index is 3.49. The fourth-order valence-corrected chi connectivity index (χ4v) is 4.46. The molecule has 0 aromatic carbocycles. The number of hydrogen-bond donors (Lipinski definition) is 1. The smallest absolute Gasteiger partial charge is 0.0112 e. The van der Waals surface area contributed by atoms with E-state index in [1.54, 1.807) is 0 Å². The van der Waals surface area contributed by atoms with Crippen molar-refractivity contribution in [1.29, 1.82) is 0 Å². The average molecular weight is 278 g/mol. The second-order valence-electron chi connectivity index (χ2n) is 6.59. The van der Waals surface area contributed by atoms with Crippen LogP contribution in [0.4, 0.5) is 0 Å². The monoisotopic (exact) mass is 278 g/mol. The van der Waals surface area contributed by atoms with Gasteiger partial charge in [-0.2, -0.15) is 0 Å². The van der Waals surface area contributed by atoms with Crippen LogP contribution in [0.1, 0.15) is 31.1 Å². The fourth-order valence-electron chi connectivity index (χ4n) is 3.63. The lowest BCUT2D eigenvalue weighted by Crippen LogP contribution is -2.35. The van der Waals surface area contributed by atoms with Crippen molar-refractivity contribution in [2.75, 3.05) is 26.7 Å². The molecule has 0 radical (unpaired) electrons. The molecular formula is C16H26N2S. The van der Waals surface area contributed by atoms with E-state index >= 15 is 0 Å². The Hall–Kier alpha value is -0.380. The zero-order valence-electron chi connectivity index (χ0n) is 12.2. The summed E-state index contributed by atoms with van der Waals surface area (Å²) >= 11 is 1.89. The van der Waals surface area contributed by atoms with Gasteiger partial charge in [-0.15, -0.1) is 11.3 Å².